The number of rotatable bonds is 7. The zero-order chi connectivity index (χ0) is 32.5. The van der Waals surface area contributed by atoms with Crippen LogP contribution in [-0.2, 0) is 11.2 Å². The first-order chi connectivity index (χ1) is 22.8. The first-order valence-corrected chi connectivity index (χ1v) is 16.6. The molecule has 244 valence electrons. The molecule has 3 aliphatic rings. The van der Waals surface area contributed by atoms with Crippen LogP contribution in [0.15, 0.2) is 54.9 Å². The molecule has 2 N–H and O–H groups in total. The maximum atomic E-state index is 13.6. The Labute approximate surface area is 278 Å². The third-order valence-corrected chi connectivity index (χ3v) is 10.5. The number of amides is 4. The predicted molar refractivity (Wildman–Crippen MR) is 180 cm³/mol. The number of halogens is 1. The van der Waals surface area contributed by atoms with Crippen LogP contribution in [0.2, 0.25) is 5.15 Å². The monoisotopic (exact) mass is 655 g/mol. The van der Waals surface area contributed by atoms with E-state index < -0.39 is 6.03 Å². The number of carbonyl (C=O) groups excluding carboxylic acids is 3. The highest BCUT2D eigenvalue weighted by molar-refractivity contribution is 6.34. The lowest BCUT2D eigenvalue weighted by atomic mass is 9.71. The zero-order valence-corrected chi connectivity index (χ0v) is 27.2. The molecule has 11 nitrogen and oxygen atoms in total. The van der Waals surface area contributed by atoms with Gasteiger partial charge in [-0.15, -0.1) is 0 Å². The standard InChI is InChI=1S/C35H38ClN7O4/c1-47-29-7-6-25(20-28(29)43-15-9-30(44)40-34(43)46)33(45)42-18-12-35(13-19-42)10-16-41(17-11-35)14-8-23-2-4-24(5-3-23)27-21-26-31(36)37-22-38-32(26)39-27/h2-7,20-22H,8-19H2,1H3,(H,37,38,39)(H,40,44,46). The van der Waals surface area contributed by atoms with Gasteiger partial charge in [-0.05, 0) is 86.0 Å². The summed E-state index contributed by atoms with van der Waals surface area (Å²) < 4.78 is 5.47. The van der Waals surface area contributed by atoms with E-state index in [1.165, 1.54) is 23.9 Å². The Bertz CT molecular complexity index is 1810. The van der Waals surface area contributed by atoms with Gasteiger partial charge in [0.25, 0.3) is 5.91 Å². The minimum Gasteiger partial charge on any atom is -0.495 e. The van der Waals surface area contributed by atoms with Gasteiger partial charge in [0.05, 0.1) is 18.2 Å². The molecule has 47 heavy (non-hydrogen) atoms. The Balaban J connectivity index is 0.901. The number of piperidine rings is 2. The van der Waals surface area contributed by atoms with E-state index in [-0.39, 0.29) is 30.2 Å². The van der Waals surface area contributed by atoms with Crippen LogP contribution in [0, 0.1) is 5.41 Å². The first kappa shape index (κ1) is 31.1. The van der Waals surface area contributed by atoms with E-state index in [2.05, 4.69) is 49.4 Å². The second-order valence-corrected chi connectivity index (χ2v) is 13.2. The molecule has 12 heteroatoms. The lowest BCUT2D eigenvalue weighted by Gasteiger charge is -2.47. The first-order valence-electron chi connectivity index (χ1n) is 16.2. The SMILES string of the molecule is COc1ccc(C(=O)N2CCC3(CCN(CCc4ccc(-c5cc6c(Cl)ncnc6[nH]5)cc4)CC3)CC2)cc1N1CCC(=O)NC1=O. The summed E-state index contributed by atoms with van der Waals surface area (Å²) in [6.07, 6.45) is 6.96. The number of nitrogens with zero attached hydrogens (tertiary/aromatic N) is 5. The minimum absolute atomic E-state index is 0.0392. The number of aromatic amines is 1. The molecule has 0 atom stereocenters. The molecule has 7 rings (SSSR count). The van der Waals surface area contributed by atoms with Crippen molar-refractivity contribution in [1.82, 2.24) is 30.1 Å². The molecule has 4 amide bonds. The van der Waals surface area contributed by atoms with Crippen molar-refractivity contribution in [2.75, 3.05) is 51.3 Å². The highest BCUT2D eigenvalue weighted by Crippen LogP contribution is 2.42. The van der Waals surface area contributed by atoms with Crippen molar-refractivity contribution >= 4 is 46.2 Å². The molecule has 3 fully saturated rings. The third kappa shape index (κ3) is 6.42. The number of methoxy groups -OCH3 is 1. The number of nitrogens with one attached hydrogen (secondary N) is 2. The van der Waals surface area contributed by atoms with Crippen molar-refractivity contribution in [2.45, 2.75) is 38.5 Å². The van der Waals surface area contributed by atoms with Crippen LogP contribution in [0.4, 0.5) is 10.5 Å². The Morgan fingerprint density at radius 3 is 2.40 bits per heavy atom. The van der Waals surface area contributed by atoms with Crippen LogP contribution < -0.4 is 15.0 Å². The summed E-state index contributed by atoms with van der Waals surface area (Å²) in [4.78, 5) is 55.3. The van der Waals surface area contributed by atoms with Gasteiger partial charge in [0.15, 0.2) is 0 Å². The van der Waals surface area contributed by atoms with Crippen LogP contribution in [0.3, 0.4) is 0 Å². The molecule has 0 saturated carbocycles. The molecule has 4 aromatic rings. The maximum absolute atomic E-state index is 13.6. The topological polar surface area (TPSA) is 124 Å². The molecule has 0 unspecified atom stereocenters. The minimum atomic E-state index is -0.503. The van der Waals surface area contributed by atoms with Gasteiger partial charge >= 0.3 is 6.03 Å². The molecule has 0 aliphatic carbocycles. The number of fused-ring (bicyclic) bond motifs is 1. The quantitative estimate of drug-likeness (QED) is 0.259. The van der Waals surface area contributed by atoms with Crippen molar-refractivity contribution < 1.29 is 19.1 Å². The summed E-state index contributed by atoms with van der Waals surface area (Å²) in [5, 5.41) is 3.62. The lowest BCUT2D eigenvalue weighted by molar-refractivity contribution is -0.120. The van der Waals surface area contributed by atoms with Crippen molar-refractivity contribution in [2.24, 2.45) is 5.41 Å². The van der Waals surface area contributed by atoms with Gasteiger partial charge in [-0.2, -0.15) is 0 Å². The van der Waals surface area contributed by atoms with Gasteiger partial charge in [-0.1, -0.05) is 35.9 Å². The summed E-state index contributed by atoms with van der Waals surface area (Å²) in [7, 11) is 1.53. The van der Waals surface area contributed by atoms with Gasteiger partial charge < -0.3 is 19.5 Å². The fourth-order valence-electron chi connectivity index (χ4n) is 7.15. The van der Waals surface area contributed by atoms with Gasteiger partial charge in [-0.3, -0.25) is 19.8 Å². The Morgan fingerprint density at radius 2 is 1.70 bits per heavy atom. The maximum Gasteiger partial charge on any atom is 0.328 e. The number of likely N-dealkylation sites (tertiary alicyclic amines) is 2. The molecular formula is C35H38ClN7O4. The summed E-state index contributed by atoms with van der Waals surface area (Å²) in [5.41, 5.74) is 5.41. The number of H-pyrrole nitrogens is 1. The average Bonchev–Trinajstić information content (AvgIpc) is 3.54. The normalized spacial score (nSPS) is 18.5. The third-order valence-electron chi connectivity index (χ3n) is 10.2. The van der Waals surface area contributed by atoms with E-state index in [4.69, 9.17) is 16.3 Å². The average molecular weight is 656 g/mol. The van der Waals surface area contributed by atoms with E-state index in [9.17, 15) is 14.4 Å². The molecule has 2 aromatic carbocycles. The van der Waals surface area contributed by atoms with E-state index >= 15 is 0 Å². The number of anilines is 1. The highest BCUT2D eigenvalue weighted by atomic mass is 35.5. The van der Waals surface area contributed by atoms with E-state index in [1.807, 2.05) is 11.0 Å². The van der Waals surface area contributed by atoms with Crippen molar-refractivity contribution in [1.29, 1.82) is 0 Å². The van der Waals surface area contributed by atoms with E-state index in [1.54, 1.807) is 18.2 Å². The number of hydrogen-bond acceptors (Lipinski definition) is 7. The van der Waals surface area contributed by atoms with Gasteiger partial charge in [-0.25, -0.2) is 14.8 Å². The predicted octanol–water partition coefficient (Wildman–Crippen LogP) is 5.29. The Hall–Kier alpha value is -4.48. The van der Waals surface area contributed by atoms with E-state index in [0.29, 0.717) is 22.2 Å². The molecule has 3 saturated heterocycles. The molecule has 0 bridgehead atoms. The van der Waals surface area contributed by atoms with Crippen LogP contribution in [0.25, 0.3) is 22.3 Å². The fourth-order valence-corrected chi connectivity index (χ4v) is 7.34. The smallest absolute Gasteiger partial charge is 0.328 e. The largest absolute Gasteiger partial charge is 0.495 e. The van der Waals surface area contributed by atoms with Crippen molar-refractivity contribution in [3.63, 3.8) is 0 Å². The fraction of sp³-hybridized carbons (Fsp3) is 0.400. The Kier molecular flexibility index (Phi) is 8.59. The summed E-state index contributed by atoms with van der Waals surface area (Å²) in [5.74, 6) is 0.142. The summed E-state index contributed by atoms with van der Waals surface area (Å²) in [6, 6.07) is 15.3. The number of ether oxygens (including phenoxy) is 1. The van der Waals surface area contributed by atoms with Crippen molar-refractivity contribution in [3.05, 3.63) is 71.1 Å². The van der Waals surface area contributed by atoms with Crippen LogP contribution in [-0.4, -0.2) is 89.0 Å². The second kappa shape index (κ2) is 13.0. The summed E-state index contributed by atoms with van der Waals surface area (Å²) >= 11 is 6.22. The molecule has 2 aromatic heterocycles. The number of hydrogen-bond donors (Lipinski definition) is 2. The number of benzene rings is 2. The lowest BCUT2D eigenvalue weighted by Crippen LogP contribution is -2.50. The zero-order valence-electron chi connectivity index (χ0n) is 26.4. The summed E-state index contributed by atoms with van der Waals surface area (Å²) in [6.45, 7) is 4.87. The Morgan fingerprint density at radius 1 is 0.957 bits per heavy atom. The van der Waals surface area contributed by atoms with Gasteiger partial charge in [0, 0.05) is 43.9 Å². The number of imide groups is 1. The van der Waals surface area contributed by atoms with Gasteiger partial charge in [0.2, 0.25) is 5.91 Å². The van der Waals surface area contributed by atoms with Crippen molar-refractivity contribution in [3.8, 4) is 17.0 Å². The highest BCUT2D eigenvalue weighted by Gasteiger charge is 2.39. The molecule has 3 aliphatic heterocycles. The second-order valence-electron chi connectivity index (χ2n) is 12.8. The van der Waals surface area contributed by atoms with Crippen LogP contribution >= 0.6 is 11.6 Å². The van der Waals surface area contributed by atoms with Crippen LogP contribution in [0.1, 0.15) is 48.0 Å². The molecule has 5 heterocycles. The molecule has 1 spiro atoms. The number of aromatic nitrogens is 3. The van der Waals surface area contributed by atoms with E-state index in [0.717, 1.165) is 87.1 Å². The molecule has 0 radical (unpaired) electrons. The van der Waals surface area contributed by atoms with Crippen LogP contribution in [0.5, 0.6) is 5.75 Å². The molecular weight excluding hydrogens is 618 g/mol. The van der Waals surface area contributed by atoms with Gasteiger partial charge in [0.1, 0.15) is 22.9 Å². The number of carbonyl (C=O) groups is 3. The number of urea groups is 1.